The maximum absolute atomic E-state index is 6.04. The van der Waals surface area contributed by atoms with Gasteiger partial charge in [-0.2, -0.15) is 0 Å². The van der Waals surface area contributed by atoms with Crippen molar-refractivity contribution in [3.8, 4) is 0 Å². The summed E-state index contributed by atoms with van der Waals surface area (Å²) in [5, 5.41) is 0. The van der Waals surface area contributed by atoms with Crippen molar-refractivity contribution in [1.82, 2.24) is 4.98 Å². The van der Waals surface area contributed by atoms with Gasteiger partial charge in [0.2, 0.25) is 0 Å². The predicted molar refractivity (Wildman–Crippen MR) is 78.0 cm³/mol. The third-order valence-corrected chi connectivity index (χ3v) is 5.01. The van der Waals surface area contributed by atoms with Crippen LogP contribution in [0, 0.1) is 17.3 Å². The van der Waals surface area contributed by atoms with E-state index in [0.717, 1.165) is 25.2 Å². The van der Waals surface area contributed by atoms with Gasteiger partial charge in [0.25, 0.3) is 0 Å². The molecule has 2 aliphatic rings. The molecule has 0 N–H and O–H groups in total. The average Bonchev–Trinajstić information content (AvgIpc) is 2.46. The summed E-state index contributed by atoms with van der Waals surface area (Å²) in [5.41, 5.74) is 2.62. The summed E-state index contributed by atoms with van der Waals surface area (Å²) >= 11 is 0. The van der Waals surface area contributed by atoms with Gasteiger partial charge in [-0.15, -0.1) is 0 Å². The van der Waals surface area contributed by atoms with E-state index in [0.29, 0.717) is 11.8 Å². The average molecular weight is 273 g/mol. The summed E-state index contributed by atoms with van der Waals surface area (Å²) in [5.74, 6) is 1.10. The number of nitrogens with zero attached hydrogens (tertiary/aromatic N) is 1. The number of aromatic nitrogens is 1. The second-order valence-corrected chi connectivity index (χ2v) is 6.38. The van der Waals surface area contributed by atoms with Gasteiger partial charge in [-0.1, -0.05) is 31.6 Å². The fraction of sp³-hybridized carbons (Fsp3) is 0.588. The highest BCUT2D eigenvalue weighted by Crippen LogP contribution is 2.48. The zero-order valence-electron chi connectivity index (χ0n) is 12.5. The van der Waals surface area contributed by atoms with E-state index in [1.165, 1.54) is 5.57 Å². The fourth-order valence-corrected chi connectivity index (χ4v) is 3.60. The van der Waals surface area contributed by atoms with Gasteiger partial charge < -0.3 is 9.47 Å². The summed E-state index contributed by atoms with van der Waals surface area (Å²) < 4.78 is 12.1. The van der Waals surface area contributed by atoms with Crippen LogP contribution in [0.3, 0.4) is 0 Å². The van der Waals surface area contributed by atoms with Gasteiger partial charge in [-0.25, -0.2) is 0 Å². The van der Waals surface area contributed by atoms with Gasteiger partial charge in [-0.3, -0.25) is 4.98 Å². The van der Waals surface area contributed by atoms with Crippen molar-refractivity contribution in [2.45, 2.75) is 33.5 Å². The Morgan fingerprint density at radius 2 is 2.00 bits per heavy atom. The van der Waals surface area contributed by atoms with Crippen LogP contribution in [0.2, 0.25) is 0 Å². The van der Waals surface area contributed by atoms with Crippen molar-refractivity contribution in [2.24, 2.45) is 17.3 Å². The molecule has 0 aromatic carbocycles. The largest absolute Gasteiger partial charge is 0.348 e. The Kier molecular flexibility index (Phi) is 3.65. The highest BCUT2D eigenvalue weighted by atomic mass is 16.7. The fourth-order valence-electron chi connectivity index (χ4n) is 3.60. The molecular weight excluding hydrogens is 250 g/mol. The molecule has 0 bridgehead atoms. The first-order chi connectivity index (χ1) is 9.62. The standard InChI is InChI=1S/C17H23NO2/c1-12-7-13(2)17(14(3)8-12)10-19-16(20-11-17)15-5-4-6-18-9-15/h4-7,9,13-14,16H,8,10-11H2,1-3H3/t13-,14-,16?,17?/m0/s1. The number of allylic oxidation sites excluding steroid dienone is 2. The number of hydrogen-bond donors (Lipinski definition) is 0. The van der Waals surface area contributed by atoms with Crippen molar-refractivity contribution in [2.75, 3.05) is 13.2 Å². The molecule has 108 valence electrons. The molecule has 1 aromatic rings. The summed E-state index contributed by atoms with van der Waals surface area (Å²) in [7, 11) is 0. The molecule has 1 spiro atoms. The minimum absolute atomic E-state index is 0.123. The molecule has 20 heavy (non-hydrogen) atoms. The zero-order chi connectivity index (χ0) is 14.2. The minimum atomic E-state index is -0.263. The van der Waals surface area contributed by atoms with Crippen LogP contribution in [0.15, 0.2) is 36.2 Å². The van der Waals surface area contributed by atoms with Gasteiger partial charge in [0.05, 0.1) is 13.2 Å². The van der Waals surface area contributed by atoms with Crippen molar-refractivity contribution in [3.05, 3.63) is 41.7 Å². The highest BCUT2D eigenvalue weighted by molar-refractivity contribution is 5.15. The molecule has 1 aromatic heterocycles. The van der Waals surface area contributed by atoms with Crippen LogP contribution in [-0.4, -0.2) is 18.2 Å². The maximum atomic E-state index is 6.04. The molecule has 0 saturated carbocycles. The Bertz CT molecular complexity index is 489. The first kappa shape index (κ1) is 13.8. The molecule has 0 amide bonds. The topological polar surface area (TPSA) is 31.4 Å². The maximum Gasteiger partial charge on any atom is 0.185 e. The van der Waals surface area contributed by atoms with Crippen molar-refractivity contribution >= 4 is 0 Å². The van der Waals surface area contributed by atoms with Crippen LogP contribution >= 0.6 is 0 Å². The molecule has 3 nitrogen and oxygen atoms in total. The Hall–Kier alpha value is -1.19. The SMILES string of the molecule is CC1=C[C@H](C)C2(COC(c3cccnc3)OC2)[C@@H](C)C1. The van der Waals surface area contributed by atoms with Crippen LogP contribution in [0.25, 0.3) is 0 Å². The van der Waals surface area contributed by atoms with E-state index in [2.05, 4.69) is 31.8 Å². The highest BCUT2D eigenvalue weighted by Gasteiger charge is 2.46. The smallest absolute Gasteiger partial charge is 0.185 e. The number of hydrogen-bond acceptors (Lipinski definition) is 3. The normalized spacial score (nSPS) is 37.8. The van der Waals surface area contributed by atoms with E-state index >= 15 is 0 Å². The van der Waals surface area contributed by atoms with Gasteiger partial charge in [-0.05, 0) is 31.2 Å². The molecule has 0 radical (unpaired) electrons. The Balaban J connectivity index is 1.75. The van der Waals surface area contributed by atoms with Crippen LogP contribution in [0.1, 0.15) is 39.0 Å². The van der Waals surface area contributed by atoms with E-state index in [-0.39, 0.29) is 11.7 Å². The number of ether oxygens (including phenoxy) is 2. The van der Waals surface area contributed by atoms with E-state index in [1.54, 1.807) is 6.20 Å². The molecule has 0 unspecified atom stereocenters. The van der Waals surface area contributed by atoms with Crippen molar-refractivity contribution < 1.29 is 9.47 Å². The van der Waals surface area contributed by atoms with Gasteiger partial charge in [0.15, 0.2) is 6.29 Å². The lowest BCUT2D eigenvalue weighted by Gasteiger charge is -2.49. The molecule has 3 heteroatoms. The first-order valence-electron chi connectivity index (χ1n) is 7.42. The van der Waals surface area contributed by atoms with Crippen molar-refractivity contribution in [3.63, 3.8) is 0 Å². The zero-order valence-corrected chi connectivity index (χ0v) is 12.5. The molecule has 1 aliphatic heterocycles. The summed E-state index contributed by atoms with van der Waals surface area (Å²) in [6.45, 7) is 8.36. The first-order valence-corrected chi connectivity index (χ1v) is 7.42. The lowest BCUT2D eigenvalue weighted by atomic mass is 9.63. The second kappa shape index (κ2) is 5.30. The molecule has 3 rings (SSSR count). The molecule has 1 saturated heterocycles. The molecule has 2 heterocycles. The summed E-state index contributed by atoms with van der Waals surface area (Å²) in [6, 6.07) is 3.93. The van der Waals surface area contributed by atoms with E-state index in [1.807, 2.05) is 18.3 Å². The third kappa shape index (κ3) is 2.29. The third-order valence-electron chi connectivity index (χ3n) is 5.01. The van der Waals surface area contributed by atoms with Crippen LogP contribution < -0.4 is 0 Å². The van der Waals surface area contributed by atoms with Crippen LogP contribution in [0.4, 0.5) is 0 Å². The number of rotatable bonds is 1. The number of pyridine rings is 1. The Labute approximate surface area is 121 Å². The predicted octanol–water partition coefficient (Wildman–Crippen LogP) is 3.74. The monoisotopic (exact) mass is 273 g/mol. The summed E-state index contributed by atoms with van der Waals surface area (Å²) in [6.07, 6.45) is 6.86. The lowest BCUT2D eigenvalue weighted by Crippen LogP contribution is -2.49. The summed E-state index contributed by atoms with van der Waals surface area (Å²) in [4.78, 5) is 4.13. The van der Waals surface area contributed by atoms with E-state index in [4.69, 9.17) is 9.47 Å². The quantitative estimate of drug-likeness (QED) is 0.730. The molecule has 2 atom stereocenters. The van der Waals surface area contributed by atoms with Gasteiger partial charge in [0, 0.05) is 23.4 Å². The van der Waals surface area contributed by atoms with Crippen molar-refractivity contribution in [1.29, 1.82) is 0 Å². The minimum Gasteiger partial charge on any atom is -0.348 e. The molecule has 1 aliphatic carbocycles. The Morgan fingerprint density at radius 1 is 1.25 bits per heavy atom. The van der Waals surface area contributed by atoms with Crippen LogP contribution in [0.5, 0.6) is 0 Å². The van der Waals surface area contributed by atoms with Crippen LogP contribution in [-0.2, 0) is 9.47 Å². The Morgan fingerprint density at radius 3 is 2.60 bits per heavy atom. The molecular formula is C17H23NO2. The van der Waals surface area contributed by atoms with E-state index < -0.39 is 0 Å². The molecule has 1 fully saturated rings. The van der Waals surface area contributed by atoms with Gasteiger partial charge >= 0.3 is 0 Å². The van der Waals surface area contributed by atoms with Gasteiger partial charge in [0.1, 0.15) is 0 Å². The lowest BCUT2D eigenvalue weighted by molar-refractivity contribution is -0.254. The second-order valence-electron chi connectivity index (χ2n) is 6.38. The van der Waals surface area contributed by atoms with E-state index in [9.17, 15) is 0 Å².